The third-order valence-corrected chi connectivity index (χ3v) is 4.65. The summed E-state index contributed by atoms with van der Waals surface area (Å²) in [5.41, 5.74) is 0.310. The maximum Gasteiger partial charge on any atom is 0.232 e. The second-order valence-electron chi connectivity index (χ2n) is 5.21. The van der Waals surface area contributed by atoms with Gasteiger partial charge in [0.25, 0.3) is 0 Å². The molecule has 0 heterocycles. The van der Waals surface area contributed by atoms with Crippen LogP contribution in [0.4, 0.5) is 10.1 Å². The molecule has 0 bridgehead atoms. The average Bonchev–Trinajstić information content (AvgIpc) is 3.24. The van der Waals surface area contributed by atoms with Gasteiger partial charge in [-0.05, 0) is 44.4 Å². The van der Waals surface area contributed by atoms with Crippen LogP contribution in [-0.4, -0.2) is 33.9 Å². The molecule has 0 saturated heterocycles. The molecule has 1 aromatic rings. The molecular formula is C14H21FN2O3S. The van der Waals surface area contributed by atoms with Crippen molar-refractivity contribution in [3.63, 3.8) is 0 Å². The highest BCUT2D eigenvalue weighted by atomic mass is 32.2. The number of benzene rings is 1. The normalized spacial score (nSPS) is 15.0. The van der Waals surface area contributed by atoms with E-state index in [0.717, 1.165) is 13.0 Å². The summed E-state index contributed by atoms with van der Waals surface area (Å²) in [7, 11) is -2.08. The first kappa shape index (κ1) is 16.0. The lowest BCUT2D eigenvalue weighted by molar-refractivity contribution is 0.387. The van der Waals surface area contributed by atoms with Crippen molar-refractivity contribution in [2.24, 2.45) is 0 Å². The van der Waals surface area contributed by atoms with Crippen molar-refractivity contribution >= 4 is 15.7 Å². The lowest BCUT2D eigenvalue weighted by Gasteiger charge is -2.10. The third kappa shape index (κ3) is 5.51. The Morgan fingerprint density at radius 2 is 2.10 bits per heavy atom. The number of nitrogens with one attached hydrogen (secondary N) is 2. The lowest BCUT2D eigenvalue weighted by Crippen LogP contribution is -2.20. The molecule has 5 nitrogen and oxygen atoms in total. The lowest BCUT2D eigenvalue weighted by atomic mass is 10.3. The van der Waals surface area contributed by atoms with Crippen LogP contribution in [0.5, 0.6) is 5.75 Å². The molecule has 1 aliphatic carbocycles. The summed E-state index contributed by atoms with van der Waals surface area (Å²) in [5.74, 6) is -0.450. The first-order chi connectivity index (χ1) is 10.00. The minimum atomic E-state index is -3.41. The fourth-order valence-electron chi connectivity index (χ4n) is 1.96. The van der Waals surface area contributed by atoms with Crippen molar-refractivity contribution in [2.45, 2.75) is 31.7 Å². The molecule has 2 N–H and O–H groups in total. The largest absolute Gasteiger partial charge is 0.494 e. The Kier molecular flexibility index (Phi) is 5.41. The summed E-state index contributed by atoms with van der Waals surface area (Å²) in [6.45, 7) is 0.852. The smallest absolute Gasteiger partial charge is 0.232 e. The van der Waals surface area contributed by atoms with E-state index >= 15 is 0 Å². The zero-order chi connectivity index (χ0) is 15.3. The molecule has 118 valence electrons. The topological polar surface area (TPSA) is 67.4 Å². The molecule has 7 heteroatoms. The summed E-state index contributed by atoms with van der Waals surface area (Å²) in [5, 5.41) is 3.34. The van der Waals surface area contributed by atoms with Crippen molar-refractivity contribution in [3.05, 3.63) is 24.0 Å². The fourth-order valence-corrected chi connectivity index (χ4v) is 3.14. The van der Waals surface area contributed by atoms with Crippen molar-refractivity contribution < 1.29 is 17.5 Å². The second-order valence-corrected chi connectivity index (χ2v) is 7.05. The number of hydrogen-bond acceptors (Lipinski definition) is 4. The molecule has 1 aromatic carbocycles. The second kappa shape index (κ2) is 7.09. The maximum absolute atomic E-state index is 13.3. The number of unbranched alkanes of at least 4 members (excludes halogenated alkanes) is 1. The molecule has 0 radical (unpaired) electrons. The van der Waals surface area contributed by atoms with E-state index in [-0.39, 0.29) is 11.5 Å². The van der Waals surface area contributed by atoms with Crippen LogP contribution in [0.15, 0.2) is 18.2 Å². The number of halogens is 1. The third-order valence-electron chi connectivity index (χ3n) is 3.27. The first-order valence-corrected chi connectivity index (χ1v) is 8.73. The number of hydrogen-bond donors (Lipinski definition) is 2. The van der Waals surface area contributed by atoms with Crippen LogP contribution in [-0.2, 0) is 10.0 Å². The van der Waals surface area contributed by atoms with E-state index in [9.17, 15) is 12.8 Å². The summed E-state index contributed by atoms with van der Waals surface area (Å²) >= 11 is 0. The summed E-state index contributed by atoms with van der Waals surface area (Å²) < 4.78 is 44.4. The molecular weight excluding hydrogens is 295 g/mol. The van der Waals surface area contributed by atoms with Gasteiger partial charge in [0.05, 0.1) is 18.6 Å². The molecule has 1 fully saturated rings. The molecule has 0 aliphatic heterocycles. The molecule has 2 rings (SSSR count). The number of sulfonamides is 1. The Hall–Kier alpha value is -1.34. The van der Waals surface area contributed by atoms with E-state index < -0.39 is 15.8 Å². The monoisotopic (exact) mass is 316 g/mol. The van der Waals surface area contributed by atoms with Crippen molar-refractivity contribution in [1.82, 2.24) is 5.32 Å². The van der Waals surface area contributed by atoms with Crippen LogP contribution in [0.2, 0.25) is 0 Å². The number of methoxy groups -OCH3 is 1. The van der Waals surface area contributed by atoms with Gasteiger partial charge in [-0.3, -0.25) is 4.72 Å². The highest BCUT2D eigenvalue weighted by molar-refractivity contribution is 7.92. The van der Waals surface area contributed by atoms with Crippen molar-refractivity contribution in [2.75, 3.05) is 24.1 Å². The molecule has 0 atom stereocenters. The molecule has 0 aromatic heterocycles. The quantitative estimate of drug-likeness (QED) is 0.685. The Morgan fingerprint density at radius 1 is 1.33 bits per heavy atom. The van der Waals surface area contributed by atoms with Gasteiger partial charge in [0.15, 0.2) is 11.6 Å². The van der Waals surface area contributed by atoms with Crippen LogP contribution in [0.25, 0.3) is 0 Å². The Morgan fingerprint density at radius 3 is 2.76 bits per heavy atom. The van der Waals surface area contributed by atoms with Crippen molar-refractivity contribution in [3.8, 4) is 5.75 Å². The van der Waals surface area contributed by atoms with Gasteiger partial charge in [0.2, 0.25) is 10.0 Å². The van der Waals surface area contributed by atoms with Crippen LogP contribution in [0.1, 0.15) is 25.7 Å². The molecule has 0 amide bonds. The van der Waals surface area contributed by atoms with Gasteiger partial charge in [0.1, 0.15) is 0 Å². The molecule has 0 spiro atoms. The Bertz CT molecular complexity index is 574. The molecule has 1 aliphatic rings. The minimum absolute atomic E-state index is 0.0174. The van der Waals surface area contributed by atoms with E-state index in [1.165, 1.54) is 38.2 Å². The van der Waals surface area contributed by atoms with Crippen LogP contribution < -0.4 is 14.8 Å². The average molecular weight is 316 g/mol. The maximum atomic E-state index is 13.3. The highest BCUT2D eigenvalue weighted by Crippen LogP contribution is 2.22. The predicted octanol–water partition coefficient (Wildman–Crippen LogP) is 2.11. The SMILES string of the molecule is COc1cc(NS(=O)(=O)CCCCNC2CC2)ccc1F. The number of anilines is 1. The van der Waals surface area contributed by atoms with Crippen LogP contribution >= 0.6 is 0 Å². The predicted molar refractivity (Wildman–Crippen MR) is 80.6 cm³/mol. The van der Waals surface area contributed by atoms with Gasteiger partial charge in [-0.15, -0.1) is 0 Å². The van der Waals surface area contributed by atoms with Gasteiger partial charge >= 0.3 is 0 Å². The van der Waals surface area contributed by atoms with Gasteiger partial charge in [-0.1, -0.05) is 0 Å². The Labute approximate surface area is 124 Å². The van der Waals surface area contributed by atoms with Crippen molar-refractivity contribution in [1.29, 1.82) is 0 Å². The highest BCUT2D eigenvalue weighted by Gasteiger charge is 2.19. The van der Waals surface area contributed by atoms with E-state index in [1.807, 2.05) is 0 Å². The zero-order valence-electron chi connectivity index (χ0n) is 12.1. The standard InChI is InChI=1S/C14H21FN2O3S/c1-20-14-10-12(6-7-13(14)15)17-21(18,19)9-3-2-8-16-11-4-5-11/h6-7,10-11,16-17H,2-5,8-9H2,1H3. The summed E-state index contributed by atoms with van der Waals surface area (Å²) in [6.07, 6.45) is 3.87. The zero-order valence-corrected chi connectivity index (χ0v) is 12.9. The van der Waals surface area contributed by atoms with Crippen LogP contribution in [0.3, 0.4) is 0 Å². The van der Waals surface area contributed by atoms with Gasteiger partial charge in [0, 0.05) is 12.1 Å². The van der Waals surface area contributed by atoms with Crippen LogP contribution in [0, 0.1) is 5.82 Å². The van der Waals surface area contributed by atoms with E-state index in [1.54, 1.807) is 0 Å². The minimum Gasteiger partial charge on any atom is -0.494 e. The molecule has 1 saturated carbocycles. The molecule has 21 heavy (non-hydrogen) atoms. The fraction of sp³-hybridized carbons (Fsp3) is 0.571. The first-order valence-electron chi connectivity index (χ1n) is 7.07. The van der Waals surface area contributed by atoms with Gasteiger partial charge < -0.3 is 10.1 Å². The summed E-state index contributed by atoms with van der Waals surface area (Å²) in [4.78, 5) is 0. The van der Waals surface area contributed by atoms with Gasteiger partial charge in [-0.2, -0.15) is 0 Å². The number of ether oxygens (including phenoxy) is 1. The summed E-state index contributed by atoms with van der Waals surface area (Å²) in [6, 6.07) is 4.54. The van der Waals surface area contributed by atoms with E-state index in [4.69, 9.17) is 4.74 Å². The number of rotatable bonds is 9. The Balaban J connectivity index is 1.79. The van der Waals surface area contributed by atoms with E-state index in [2.05, 4.69) is 10.0 Å². The van der Waals surface area contributed by atoms with E-state index in [0.29, 0.717) is 18.2 Å². The van der Waals surface area contributed by atoms with Gasteiger partial charge in [-0.25, -0.2) is 12.8 Å². The molecule has 0 unspecified atom stereocenters.